The number of hydrogen-bond donors (Lipinski definition) is 3. The Morgan fingerprint density at radius 3 is 2.21 bits per heavy atom. The van der Waals surface area contributed by atoms with E-state index < -0.39 is 0 Å². The first kappa shape index (κ1) is 26.7. The standard InChI is InChI=1S/C21H28N4O2.2ClH/c1-3-15-25(4-2)17-11-9-16(10-12-17)20(26)24-19-8-6-5-7-18(19)21(27)23-14-13-22;;/h5-12H,3-4,13-15,22H2,1-2H3,(H,23,27)(H,24,26);2*1H. The van der Waals surface area contributed by atoms with Gasteiger partial charge in [0.1, 0.15) is 0 Å². The van der Waals surface area contributed by atoms with Crippen LogP contribution in [0, 0.1) is 0 Å². The zero-order valence-corrected chi connectivity index (χ0v) is 18.4. The molecule has 0 atom stereocenters. The lowest BCUT2D eigenvalue weighted by atomic mass is 10.1. The van der Waals surface area contributed by atoms with Crippen LogP contribution in [-0.4, -0.2) is 38.0 Å². The van der Waals surface area contributed by atoms with Crippen LogP contribution < -0.4 is 21.3 Å². The van der Waals surface area contributed by atoms with E-state index in [1.807, 2.05) is 12.1 Å². The Morgan fingerprint density at radius 1 is 0.966 bits per heavy atom. The van der Waals surface area contributed by atoms with Crippen LogP contribution in [-0.2, 0) is 0 Å². The van der Waals surface area contributed by atoms with E-state index >= 15 is 0 Å². The highest BCUT2D eigenvalue weighted by atomic mass is 35.5. The summed E-state index contributed by atoms with van der Waals surface area (Å²) in [6.45, 7) is 6.90. The third-order valence-corrected chi connectivity index (χ3v) is 4.22. The zero-order chi connectivity index (χ0) is 19.6. The Labute approximate surface area is 185 Å². The Hall–Kier alpha value is -2.28. The van der Waals surface area contributed by atoms with Crippen molar-refractivity contribution in [2.24, 2.45) is 5.73 Å². The van der Waals surface area contributed by atoms with Gasteiger partial charge in [-0.25, -0.2) is 0 Å². The van der Waals surface area contributed by atoms with Crippen molar-refractivity contribution >= 4 is 48.0 Å². The minimum absolute atomic E-state index is 0. The van der Waals surface area contributed by atoms with Crippen LogP contribution >= 0.6 is 24.8 Å². The van der Waals surface area contributed by atoms with E-state index in [4.69, 9.17) is 5.73 Å². The Kier molecular flexibility index (Phi) is 12.7. The molecule has 0 aliphatic rings. The first-order valence-electron chi connectivity index (χ1n) is 9.34. The van der Waals surface area contributed by atoms with Crippen molar-refractivity contribution in [1.82, 2.24) is 5.32 Å². The van der Waals surface area contributed by atoms with Crippen molar-refractivity contribution in [3.63, 3.8) is 0 Å². The maximum absolute atomic E-state index is 12.6. The quantitative estimate of drug-likeness (QED) is 0.554. The fourth-order valence-corrected chi connectivity index (χ4v) is 2.83. The fourth-order valence-electron chi connectivity index (χ4n) is 2.83. The molecule has 0 saturated heterocycles. The number of benzene rings is 2. The van der Waals surface area contributed by atoms with Crippen molar-refractivity contribution in [3.8, 4) is 0 Å². The van der Waals surface area contributed by atoms with Gasteiger partial charge in [0, 0.05) is 37.4 Å². The van der Waals surface area contributed by atoms with Gasteiger partial charge in [-0.1, -0.05) is 19.1 Å². The molecule has 2 aromatic carbocycles. The highest BCUT2D eigenvalue weighted by molar-refractivity contribution is 6.09. The molecule has 6 nitrogen and oxygen atoms in total. The molecular formula is C21H30Cl2N4O2. The molecule has 0 radical (unpaired) electrons. The third kappa shape index (κ3) is 7.57. The highest BCUT2D eigenvalue weighted by Gasteiger charge is 2.14. The molecular weight excluding hydrogens is 411 g/mol. The number of rotatable bonds is 9. The number of anilines is 2. The summed E-state index contributed by atoms with van der Waals surface area (Å²) in [5.41, 5.74) is 7.95. The van der Waals surface area contributed by atoms with Crippen LogP contribution in [0.3, 0.4) is 0 Å². The van der Waals surface area contributed by atoms with E-state index in [2.05, 4.69) is 29.4 Å². The topological polar surface area (TPSA) is 87.5 Å². The minimum atomic E-state index is -0.259. The first-order chi connectivity index (χ1) is 13.1. The van der Waals surface area contributed by atoms with Gasteiger partial charge in [0.25, 0.3) is 11.8 Å². The molecule has 0 aliphatic heterocycles. The fraction of sp³-hybridized carbons (Fsp3) is 0.333. The van der Waals surface area contributed by atoms with E-state index in [0.29, 0.717) is 29.9 Å². The number of carbonyl (C=O) groups is 2. The van der Waals surface area contributed by atoms with Gasteiger partial charge < -0.3 is 21.3 Å². The number of para-hydroxylation sites is 1. The molecule has 0 aliphatic carbocycles. The van der Waals surface area contributed by atoms with Gasteiger partial charge in [0.05, 0.1) is 11.3 Å². The van der Waals surface area contributed by atoms with Gasteiger partial charge in [-0.2, -0.15) is 0 Å². The Balaban J connectivity index is 0.00000392. The molecule has 160 valence electrons. The van der Waals surface area contributed by atoms with Gasteiger partial charge in [-0.15, -0.1) is 24.8 Å². The first-order valence-corrected chi connectivity index (χ1v) is 9.34. The lowest BCUT2D eigenvalue weighted by Gasteiger charge is -2.22. The molecule has 0 bridgehead atoms. The van der Waals surface area contributed by atoms with E-state index in [-0.39, 0.29) is 36.6 Å². The summed E-state index contributed by atoms with van der Waals surface area (Å²) < 4.78 is 0. The van der Waals surface area contributed by atoms with Gasteiger partial charge in [0.2, 0.25) is 0 Å². The number of nitrogens with zero attached hydrogens (tertiary/aromatic N) is 1. The highest BCUT2D eigenvalue weighted by Crippen LogP contribution is 2.19. The molecule has 29 heavy (non-hydrogen) atoms. The van der Waals surface area contributed by atoms with Crippen molar-refractivity contribution in [1.29, 1.82) is 0 Å². The van der Waals surface area contributed by atoms with Crippen LogP contribution in [0.5, 0.6) is 0 Å². The largest absolute Gasteiger partial charge is 0.372 e. The number of hydrogen-bond acceptors (Lipinski definition) is 4. The molecule has 0 spiro atoms. The van der Waals surface area contributed by atoms with E-state index in [1.165, 1.54) is 0 Å². The van der Waals surface area contributed by atoms with Crippen molar-refractivity contribution in [2.45, 2.75) is 20.3 Å². The summed E-state index contributed by atoms with van der Waals surface area (Å²) in [4.78, 5) is 27.1. The van der Waals surface area contributed by atoms with Crippen LogP contribution in [0.15, 0.2) is 48.5 Å². The van der Waals surface area contributed by atoms with Crippen LogP contribution in [0.25, 0.3) is 0 Å². The molecule has 8 heteroatoms. The van der Waals surface area contributed by atoms with Gasteiger partial charge in [-0.05, 0) is 49.7 Å². The number of nitrogens with one attached hydrogen (secondary N) is 2. The number of halogens is 2. The van der Waals surface area contributed by atoms with Crippen molar-refractivity contribution in [3.05, 3.63) is 59.7 Å². The average molecular weight is 441 g/mol. The van der Waals surface area contributed by atoms with Gasteiger partial charge >= 0.3 is 0 Å². The SMILES string of the molecule is CCCN(CC)c1ccc(C(=O)Nc2ccccc2C(=O)NCCN)cc1.Cl.Cl. The maximum Gasteiger partial charge on any atom is 0.255 e. The monoisotopic (exact) mass is 440 g/mol. The molecule has 0 saturated carbocycles. The molecule has 2 aromatic rings. The lowest BCUT2D eigenvalue weighted by Crippen LogP contribution is -2.30. The second-order valence-electron chi connectivity index (χ2n) is 6.17. The van der Waals surface area contributed by atoms with E-state index in [1.54, 1.807) is 36.4 Å². The smallest absolute Gasteiger partial charge is 0.255 e. The molecule has 0 heterocycles. The molecule has 2 amide bonds. The van der Waals surface area contributed by atoms with E-state index in [9.17, 15) is 9.59 Å². The minimum Gasteiger partial charge on any atom is -0.372 e. The normalized spacial score (nSPS) is 9.62. The number of nitrogens with two attached hydrogens (primary N) is 1. The molecule has 0 fully saturated rings. The predicted molar refractivity (Wildman–Crippen MR) is 125 cm³/mol. The summed E-state index contributed by atoms with van der Waals surface area (Å²) in [6, 6.07) is 14.4. The van der Waals surface area contributed by atoms with Gasteiger partial charge in [0.15, 0.2) is 0 Å². The average Bonchev–Trinajstić information content (AvgIpc) is 2.70. The van der Waals surface area contributed by atoms with Crippen LogP contribution in [0.1, 0.15) is 41.0 Å². The molecule has 0 aromatic heterocycles. The summed E-state index contributed by atoms with van der Waals surface area (Å²) >= 11 is 0. The zero-order valence-electron chi connectivity index (χ0n) is 16.8. The van der Waals surface area contributed by atoms with Crippen molar-refractivity contribution in [2.75, 3.05) is 36.4 Å². The Morgan fingerprint density at radius 2 is 1.62 bits per heavy atom. The summed E-state index contributed by atoms with van der Waals surface area (Å²) in [7, 11) is 0. The van der Waals surface area contributed by atoms with Crippen LogP contribution in [0.4, 0.5) is 11.4 Å². The third-order valence-electron chi connectivity index (χ3n) is 4.22. The second-order valence-corrected chi connectivity index (χ2v) is 6.17. The second kappa shape index (κ2) is 13.8. The van der Waals surface area contributed by atoms with Gasteiger partial charge in [-0.3, -0.25) is 9.59 Å². The van der Waals surface area contributed by atoms with E-state index in [0.717, 1.165) is 25.2 Å². The summed E-state index contributed by atoms with van der Waals surface area (Å²) in [6.07, 6.45) is 1.07. The van der Waals surface area contributed by atoms with Crippen LogP contribution in [0.2, 0.25) is 0 Å². The number of amides is 2. The predicted octanol–water partition coefficient (Wildman–Crippen LogP) is 3.71. The molecule has 4 N–H and O–H groups in total. The molecule has 0 unspecified atom stereocenters. The maximum atomic E-state index is 12.6. The summed E-state index contributed by atoms with van der Waals surface area (Å²) in [5, 5.41) is 5.55. The van der Waals surface area contributed by atoms with Crippen molar-refractivity contribution < 1.29 is 9.59 Å². The lowest BCUT2D eigenvalue weighted by molar-refractivity contribution is 0.0955. The molecule has 2 rings (SSSR count). The Bertz CT molecular complexity index is 770. The number of carbonyl (C=O) groups excluding carboxylic acids is 2. The summed E-state index contributed by atoms with van der Waals surface area (Å²) in [5.74, 6) is -0.510.